The van der Waals surface area contributed by atoms with Crippen LogP contribution in [0.2, 0.25) is 0 Å². The highest BCUT2D eigenvalue weighted by molar-refractivity contribution is 5.81. The number of carbonyl (C=O) groups excluding carboxylic acids is 1. The van der Waals surface area contributed by atoms with Crippen molar-refractivity contribution >= 4 is 5.91 Å². The fourth-order valence-corrected chi connectivity index (χ4v) is 2.33. The van der Waals surface area contributed by atoms with E-state index in [2.05, 4.69) is 5.32 Å². The highest BCUT2D eigenvalue weighted by atomic mass is 16.5. The van der Waals surface area contributed by atoms with Crippen molar-refractivity contribution in [3.63, 3.8) is 0 Å². The average molecular weight is 326 g/mol. The van der Waals surface area contributed by atoms with Gasteiger partial charge in [0, 0.05) is 6.54 Å². The Morgan fingerprint density at radius 3 is 2.29 bits per heavy atom. The van der Waals surface area contributed by atoms with E-state index < -0.39 is 6.04 Å². The van der Waals surface area contributed by atoms with E-state index in [-0.39, 0.29) is 11.8 Å². The number of ether oxygens (including phenoxy) is 1. The molecule has 0 aliphatic heterocycles. The predicted molar refractivity (Wildman–Crippen MR) is 96.0 cm³/mol. The Morgan fingerprint density at radius 1 is 1.00 bits per heavy atom. The van der Waals surface area contributed by atoms with Crippen molar-refractivity contribution in [1.82, 2.24) is 5.32 Å². The van der Waals surface area contributed by atoms with Gasteiger partial charge in [-0.15, -0.1) is 0 Å². The van der Waals surface area contributed by atoms with Crippen LogP contribution in [-0.2, 0) is 29.3 Å². The van der Waals surface area contributed by atoms with E-state index in [9.17, 15) is 4.79 Å². The summed E-state index contributed by atoms with van der Waals surface area (Å²) in [6, 6.07) is 17.6. The third-order valence-corrected chi connectivity index (χ3v) is 3.96. The molecule has 1 amide bonds. The van der Waals surface area contributed by atoms with Crippen LogP contribution < -0.4 is 11.1 Å². The molecule has 2 aromatic rings. The van der Waals surface area contributed by atoms with Crippen molar-refractivity contribution in [2.24, 2.45) is 11.7 Å². The summed E-state index contributed by atoms with van der Waals surface area (Å²) in [5, 5.41) is 2.91. The van der Waals surface area contributed by atoms with E-state index >= 15 is 0 Å². The number of rotatable bonds is 8. The lowest BCUT2D eigenvalue weighted by atomic mass is 10.0. The molecule has 0 saturated carbocycles. The van der Waals surface area contributed by atoms with Gasteiger partial charge in [0.25, 0.3) is 0 Å². The molecule has 0 aliphatic carbocycles. The molecule has 0 fully saturated rings. The van der Waals surface area contributed by atoms with E-state index in [0.29, 0.717) is 19.8 Å². The molecular weight excluding hydrogens is 300 g/mol. The van der Waals surface area contributed by atoms with E-state index in [0.717, 1.165) is 16.7 Å². The Balaban J connectivity index is 1.89. The molecule has 4 nitrogen and oxygen atoms in total. The van der Waals surface area contributed by atoms with Crippen molar-refractivity contribution in [3.8, 4) is 0 Å². The zero-order valence-corrected chi connectivity index (χ0v) is 14.4. The fourth-order valence-electron chi connectivity index (χ4n) is 2.33. The first kappa shape index (κ1) is 18.2. The van der Waals surface area contributed by atoms with Crippen LogP contribution in [0.15, 0.2) is 54.6 Å². The summed E-state index contributed by atoms with van der Waals surface area (Å²) in [6.45, 7) is 5.42. The number of nitrogens with two attached hydrogens (primary N) is 1. The van der Waals surface area contributed by atoms with Crippen LogP contribution >= 0.6 is 0 Å². The fraction of sp³-hybridized carbons (Fsp3) is 0.350. The summed E-state index contributed by atoms with van der Waals surface area (Å²) in [5.41, 5.74) is 9.14. The predicted octanol–water partition coefficient (Wildman–Crippen LogP) is 3.00. The maximum atomic E-state index is 12.0. The van der Waals surface area contributed by atoms with Crippen LogP contribution in [0.4, 0.5) is 0 Å². The second kappa shape index (κ2) is 9.21. The third kappa shape index (κ3) is 5.48. The minimum atomic E-state index is -0.480. The first-order chi connectivity index (χ1) is 11.6. The van der Waals surface area contributed by atoms with Crippen molar-refractivity contribution in [2.45, 2.75) is 39.6 Å². The standard InChI is InChI=1S/C20H26N2O2/c1-15(2)19(21)20(23)22-12-17-10-6-7-11-18(17)14-24-13-16-8-4-3-5-9-16/h3-11,15,19H,12-14,21H2,1-2H3,(H,22,23)/t19-/m0/s1. The molecule has 2 rings (SSSR count). The van der Waals surface area contributed by atoms with Gasteiger partial charge in [-0.3, -0.25) is 4.79 Å². The van der Waals surface area contributed by atoms with Crippen LogP contribution in [0, 0.1) is 5.92 Å². The molecule has 0 saturated heterocycles. The Hall–Kier alpha value is -2.17. The van der Waals surface area contributed by atoms with Crippen LogP contribution in [0.1, 0.15) is 30.5 Å². The molecule has 4 heteroatoms. The van der Waals surface area contributed by atoms with Crippen LogP contribution in [0.3, 0.4) is 0 Å². The summed E-state index contributed by atoms with van der Waals surface area (Å²) >= 11 is 0. The molecule has 1 atom stereocenters. The lowest BCUT2D eigenvalue weighted by molar-refractivity contribution is -0.123. The minimum absolute atomic E-state index is 0.120. The molecule has 0 aromatic heterocycles. The number of carbonyl (C=O) groups is 1. The lowest BCUT2D eigenvalue weighted by Crippen LogP contribution is -2.43. The molecule has 128 valence electrons. The summed E-state index contributed by atoms with van der Waals surface area (Å²) in [4.78, 5) is 12.0. The van der Waals surface area contributed by atoms with E-state index in [1.165, 1.54) is 0 Å². The summed E-state index contributed by atoms with van der Waals surface area (Å²) in [6.07, 6.45) is 0. The van der Waals surface area contributed by atoms with Gasteiger partial charge in [0.1, 0.15) is 0 Å². The molecular formula is C20H26N2O2. The number of hydrogen-bond donors (Lipinski definition) is 2. The highest BCUT2D eigenvalue weighted by Crippen LogP contribution is 2.12. The monoisotopic (exact) mass is 326 g/mol. The van der Waals surface area contributed by atoms with Gasteiger partial charge in [-0.05, 0) is 22.6 Å². The maximum absolute atomic E-state index is 12.0. The van der Waals surface area contributed by atoms with E-state index in [1.54, 1.807) is 0 Å². The zero-order chi connectivity index (χ0) is 17.4. The molecule has 24 heavy (non-hydrogen) atoms. The quantitative estimate of drug-likeness (QED) is 0.784. The van der Waals surface area contributed by atoms with Gasteiger partial charge in [0.15, 0.2) is 0 Å². The molecule has 3 N–H and O–H groups in total. The SMILES string of the molecule is CC(C)[C@H](N)C(=O)NCc1ccccc1COCc1ccccc1. The van der Waals surface area contributed by atoms with E-state index in [4.69, 9.17) is 10.5 Å². The summed E-state index contributed by atoms with van der Waals surface area (Å²) < 4.78 is 5.80. The van der Waals surface area contributed by atoms with Gasteiger partial charge < -0.3 is 15.8 Å². The maximum Gasteiger partial charge on any atom is 0.237 e. The summed E-state index contributed by atoms with van der Waals surface area (Å²) in [7, 11) is 0. The number of nitrogens with one attached hydrogen (secondary N) is 1. The van der Waals surface area contributed by atoms with Gasteiger partial charge in [-0.2, -0.15) is 0 Å². The van der Waals surface area contributed by atoms with Gasteiger partial charge in [0.2, 0.25) is 5.91 Å². The van der Waals surface area contributed by atoms with Gasteiger partial charge in [-0.1, -0.05) is 68.4 Å². The van der Waals surface area contributed by atoms with Gasteiger partial charge in [0.05, 0.1) is 19.3 Å². The second-order valence-electron chi connectivity index (χ2n) is 6.23. The van der Waals surface area contributed by atoms with Crippen LogP contribution in [0.5, 0.6) is 0 Å². The third-order valence-electron chi connectivity index (χ3n) is 3.96. The number of amides is 1. The molecule has 0 unspecified atom stereocenters. The smallest absolute Gasteiger partial charge is 0.237 e. The van der Waals surface area contributed by atoms with E-state index in [1.807, 2.05) is 68.4 Å². The molecule has 0 radical (unpaired) electrons. The zero-order valence-electron chi connectivity index (χ0n) is 14.4. The second-order valence-corrected chi connectivity index (χ2v) is 6.23. The van der Waals surface area contributed by atoms with Crippen molar-refractivity contribution in [2.75, 3.05) is 0 Å². The molecule has 2 aromatic carbocycles. The first-order valence-electron chi connectivity index (χ1n) is 8.29. The van der Waals surface area contributed by atoms with Crippen molar-refractivity contribution in [1.29, 1.82) is 0 Å². The number of benzene rings is 2. The van der Waals surface area contributed by atoms with Crippen molar-refractivity contribution in [3.05, 3.63) is 71.3 Å². The van der Waals surface area contributed by atoms with Gasteiger partial charge in [-0.25, -0.2) is 0 Å². The lowest BCUT2D eigenvalue weighted by Gasteiger charge is -2.16. The topological polar surface area (TPSA) is 64.4 Å². The first-order valence-corrected chi connectivity index (χ1v) is 8.29. The Bertz CT molecular complexity index is 641. The van der Waals surface area contributed by atoms with Crippen LogP contribution in [-0.4, -0.2) is 11.9 Å². The number of hydrogen-bond acceptors (Lipinski definition) is 3. The molecule has 0 bridgehead atoms. The average Bonchev–Trinajstić information content (AvgIpc) is 2.60. The van der Waals surface area contributed by atoms with Gasteiger partial charge >= 0.3 is 0 Å². The molecule has 0 spiro atoms. The largest absolute Gasteiger partial charge is 0.372 e. The summed E-state index contributed by atoms with van der Waals surface area (Å²) in [5.74, 6) is -0.000503. The Morgan fingerprint density at radius 2 is 1.62 bits per heavy atom. The Labute approximate surface area is 144 Å². The van der Waals surface area contributed by atoms with Crippen LogP contribution in [0.25, 0.3) is 0 Å². The minimum Gasteiger partial charge on any atom is -0.372 e. The van der Waals surface area contributed by atoms with Crippen molar-refractivity contribution < 1.29 is 9.53 Å². The molecule has 0 aliphatic rings. The normalized spacial score (nSPS) is 12.2. The highest BCUT2D eigenvalue weighted by Gasteiger charge is 2.16. The molecule has 0 heterocycles. The Kier molecular flexibility index (Phi) is 6.97.